The summed E-state index contributed by atoms with van der Waals surface area (Å²) >= 11 is 0. The number of anilines is 4. The zero-order chi connectivity index (χ0) is 31.3. The van der Waals surface area contributed by atoms with Crippen LogP contribution in [-0.4, -0.2) is 94.4 Å². The van der Waals surface area contributed by atoms with E-state index < -0.39 is 10.0 Å². The highest BCUT2D eigenvalue weighted by Gasteiger charge is 2.58. The summed E-state index contributed by atoms with van der Waals surface area (Å²) in [5.41, 5.74) is 8.22. The van der Waals surface area contributed by atoms with E-state index in [1.54, 1.807) is 0 Å². The van der Waals surface area contributed by atoms with Gasteiger partial charge in [0, 0.05) is 57.8 Å². The van der Waals surface area contributed by atoms with Gasteiger partial charge in [0.05, 0.1) is 35.6 Å². The van der Waals surface area contributed by atoms with Gasteiger partial charge in [0.2, 0.25) is 15.9 Å². The first kappa shape index (κ1) is 30.2. The van der Waals surface area contributed by atoms with Crippen molar-refractivity contribution in [2.45, 2.75) is 38.1 Å². The van der Waals surface area contributed by atoms with Crippen LogP contribution in [0, 0.1) is 23.2 Å². The molecule has 2 aromatic rings. The molecule has 4 bridgehead atoms. The summed E-state index contributed by atoms with van der Waals surface area (Å²) in [5.74, 6) is 1.77. The van der Waals surface area contributed by atoms with Crippen LogP contribution in [0.15, 0.2) is 42.6 Å². The molecule has 8 rings (SSSR count). The van der Waals surface area contributed by atoms with E-state index in [-0.39, 0.29) is 35.8 Å². The number of pyridine rings is 1. The topological polar surface area (TPSA) is 141 Å². The number of ether oxygens (including phenoxy) is 1. The van der Waals surface area contributed by atoms with Gasteiger partial charge in [0.1, 0.15) is 5.82 Å². The Hall–Kier alpha value is -3.42. The van der Waals surface area contributed by atoms with Gasteiger partial charge in [-0.3, -0.25) is 9.69 Å². The van der Waals surface area contributed by atoms with Crippen LogP contribution in [0.25, 0.3) is 0 Å². The molecule has 5 fully saturated rings. The highest BCUT2D eigenvalue weighted by molar-refractivity contribution is 7.89. The third kappa shape index (κ3) is 5.52. The van der Waals surface area contributed by atoms with Crippen LogP contribution >= 0.6 is 0 Å². The summed E-state index contributed by atoms with van der Waals surface area (Å²) in [6, 6.07) is 11.9. The summed E-state index contributed by atoms with van der Waals surface area (Å²) < 4.78 is 31.6. The van der Waals surface area contributed by atoms with E-state index in [9.17, 15) is 18.0 Å². The lowest BCUT2D eigenvalue weighted by Crippen LogP contribution is -2.63. The number of nitrogens with two attached hydrogens (primary N) is 1. The van der Waals surface area contributed by atoms with E-state index in [2.05, 4.69) is 15.1 Å². The van der Waals surface area contributed by atoms with Crippen molar-refractivity contribution in [3.63, 3.8) is 0 Å². The van der Waals surface area contributed by atoms with Crippen molar-refractivity contribution < 1.29 is 22.7 Å². The van der Waals surface area contributed by atoms with E-state index in [0.717, 1.165) is 55.0 Å². The maximum atomic E-state index is 13.8. The lowest BCUT2D eigenvalue weighted by atomic mass is 9.47. The number of para-hydroxylation sites is 2. The second-order valence-electron chi connectivity index (χ2n) is 13.5. The van der Waals surface area contributed by atoms with Gasteiger partial charge in [-0.2, -0.15) is 4.31 Å². The Morgan fingerprint density at radius 1 is 0.978 bits per heavy atom. The number of primary amides is 1. The van der Waals surface area contributed by atoms with Crippen molar-refractivity contribution in [2.75, 3.05) is 73.4 Å². The summed E-state index contributed by atoms with van der Waals surface area (Å²) in [4.78, 5) is 37.1. The van der Waals surface area contributed by atoms with E-state index in [0.29, 0.717) is 57.0 Å². The quantitative estimate of drug-likeness (QED) is 0.450. The number of methoxy groups -OCH3 is 1. The number of hydrogen-bond acceptors (Lipinski definition) is 8. The Morgan fingerprint density at radius 3 is 2.33 bits per heavy atom. The molecule has 3 heterocycles. The van der Waals surface area contributed by atoms with Crippen molar-refractivity contribution in [3.8, 4) is 0 Å². The maximum absolute atomic E-state index is 13.8. The van der Waals surface area contributed by atoms with Crippen LogP contribution < -0.4 is 25.8 Å². The molecular formula is C32H43N7O5S. The molecule has 3 unspecified atom stereocenters. The molecule has 0 radical (unpaired) electrons. The molecular weight excluding hydrogens is 594 g/mol. The smallest absolute Gasteiger partial charge is 0.322 e. The molecule has 0 spiro atoms. The van der Waals surface area contributed by atoms with Crippen LogP contribution in [0.5, 0.6) is 0 Å². The first-order chi connectivity index (χ1) is 21.7. The van der Waals surface area contributed by atoms with E-state index >= 15 is 0 Å². The molecule has 4 saturated carbocycles. The first-order valence-electron chi connectivity index (χ1n) is 16.1. The number of urea groups is 1. The van der Waals surface area contributed by atoms with Gasteiger partial charge in [-0.25, -0.2) is 18.2 Å². The number of rotatable bonds is 8. The Labute approximate surface area is 264 Å². The number of fused-ring (bicyclic) bond motifs is 1. The predicted molar refractivity (Wildman–Crippen MR) is 172 cm³/mol. The fourth-order valence-electron chi connectivity index (χ4n) is 8.86. The second kappa shape index (κ2) is 11.7. The van der Waals surface area contributed by atoms with Gasteiger partial charge in [0.15, 0.2) is 0 Å². The van der Waals surface area contributed by atoms with Gasteiger partial charge in [-0.1, -0.05) is 12.1 Å². The molecule has 242 valence electrons. The fraction of sp³-hybridized carbons (Fsp3) is 0.594. The Kier molecular flexibility index (Phi) is 7.89. The second-order valence-corrected chi connectivity index (χ2v) is 15.5. The number of nitrogens with one attached hydrogen (secondary N) is 1. The van der Waals surface area contributed by atoms with Gasteiger partial charge in [-0.05, 0) is 74.1 Å². The minimum Gasteiger partial charge on any atom is -0.384 e. The lowest BCUT2D eigenvalue weighted by Gasteiger charge is -2.59. The lowest BCUT2D eigenvalue weighted by molar-refractivity contribution is -0.145. The number of piperazine rings is 1. The van der Waals surface area contributed by atoms with E-state index in [1.165, 1.54) is 11.4 Å². The molecule has 3 amide bonds. The van der Waals surface area contributed by atoms with Crippen molar-refractivity contribution in [1.82, 2.24) is 14.6 Å². The molecule has 6 aliphatic rings. The van der Waals surface area contributed by atoms with E-state index in [4.69, 9.17) is 15.5 Å². The summed E-state index contributed by atoms with van der Waals surface area (Å²) in [7, 11) is -1.81. The standard InChI is InChI=1S/C32H43N7O5S/c1-44-14-15-45(42,43)37-10-8-36(9-11-37)25-6-7-28(34-21-25)38-12-13-39(27-5-3-2-4-26(27)38)31(41)35-29-23-16-22-17-24(29)20-32(18-22,19-23)30(33)40/h2-7,21-24,29H,8-20H2,1H3,(H2,33,40)(H,35,41)/t22?,23-,24+,29?,32?. The summed E-state index contributed by atoms with van der Waals surface area (Å²) in [6.45, 7) is 3.35. The molecule has 45 heavy (non-hydrogen) atoms. The van der Waals surface area contributed by atoms with Gasteiger partial charge >= 0.3 is 6.03 Å². The number of aromatic nitrogens is 1. The highest BCUT2D eigenvalue weighted by atomic mass is 32.2. The average molecular weight is 638 g/mol. The highest BCUT2D eigenvalue weighted by Crippen LogP contribution is 2.60. The Bertz CT molecular complexity index is 1530. The molecule has 5 atom stereocenters. The predicted octanol–water partition coefficient (Wildman–Crippen LogP) is 2.53. The number of hydrogen-bond donors (Lipinski definition) is 2. The number of nitrogens with zero attached hydrogens (tertiary/aromatic N) is 5. The minimum atomic E-state index is -3.32. The molecule has 1 aromatic carbocycles. The Balaban J connectivity index is 1.01. The molecule has 1 saturated heterocycles. The summed E-state index contributed by atoms with van der Waals surface area (Å²) in [5, 5.41) is 3.40. The normalized spacial score (nSPS) is 29.5. The van der Waals surface area contributed by atoms with Crippen molar-refractivity contribution in [1.29, 1.82) is 0 Å². The first-order valence-corrected chi connectivity index (χ1v) is 17.7. The summed E-state index contributed by atoms with van der Waals surface area (Å²) in [6.07, 6.45) is 6.45. The number of carbonyl (C=O) groups is 2. The van der Waals surface area contributed by atoms with Crippen molar-refractivity contribution >= 4 is 44.8 Å². The van der Waals surface area contributed by atoms with Crippen LogP contribution in [0.3, 0.4) is 0 Å². The number of carbonyl (C=O) groups excluding carboxylic acids is 2. The zero-order valence-corrected chi connectivity index (χ0v) is 26.6. The molecule has 3 N–H and O–H groups in total. The number of amides is 3. The van der Waals surface area contributed by atoms with Crippen molar-refractivity contribution in [3.05, 3.63) is 42.6 Å². The molecule has 13 heteroatoms. The van der Waals surface area contributed by atoms with Crippen LogP contribution in [0.2, 0.25) is 0 Å². The van der Waals surface area contributed by atoms with Gasteiger partial charge < -0.3 is 25.6 Å². The van der Waals surface area contributed by atoms with Crippen LogP contribution in [0.1, 0.15) is 32.1 Å². The maximum Gasteiger partial charge on any atom is 0.322 e. The average Bonchev–Trinajstić information content (AvgIpc) is 3.04. The molecule has 2 aliphatic heterocycles. The molecule has 12 nitrogen and oxygen atoms in total. The van der Waals surface area contributed by atoms with Gasteiger partial charge in [-0.15, -0.1) is 0 Å². The fourth-order valence-corrected chi connectivity index (χ4v) is 10.2. The van der Waals surface area contributed by atoms with Crippen LogP contribution in [0.4, 0.5) is 27.7 Å². The largest absolute Gasteiger partial charge is 0.384 e. The molecule has 1 aromatic heterocycles. The molecule has 4 aliphatic carbocycles. The number of sulfonamides is 1. The van der Waals surface area contributed by atoms with Gasteiger partial charge in [0.25, 0.3) is 0 Å². The minimum absolute atomic E-state index is 0.00419. The van der Waals surface area contributed by atoms with Crippen LogP contribution in [-0.2, 0) is 19.6 Å². The SMILES string of the molecule is COCCS(=O)(=O)N1CCN(c2ccc(N3CCN(C(=O)NC4[C@@H]5CC6C[C@H]4CC(C(N)=O)(C6)C5)c4ccccc43)nc2)CC1. The third-order valence-electron chi connectivity index (χ3n) is 10.9. The van der Waals surface area contributed by atoms with Crippen molar-refractivity contribution in [2.24, 2.45) is 28.9 Å². The number of benzene rings is 1. The monoisotopic (exact) mass is 637 g/mol. The zero-order valence-electron chi connectivity index (χ0n) is 25.8. The third-order valence-corrected chi connectivity index (χ3v) is 12.7. The Morgan fingerprint density at radius 2 is 1.69 bits per heavy atom. The van der Waals surface area contributed by atoms with E-state index in [1.807, 2.05) is 47.5 Å².